The molecule has 2 aromatic carbocycles. The van der Waals surface area contributed by atoms with Crippen LogP contribution < -0.4 is 10.2 Å². The van der Waals surface area contributed by atoms with Gasteiger partial charge in [-0.2, -0.15) is 5.10 Å². The Bertz CT molecular complexity index is 1250. The summed E-state index contributed by atoms with van der Waals surface area (Å²) in [5, 5.41) is 9.96. The Morgan fingerprint density at radius 2 is 1.91 bits per heavy atom. The summed E-state index contributed by atoms with van der Waals surface area (Å²) in [4.78, 5) is 16.8. The van der Waals surface area contributed by atoms with Gasteiger partial charge in [-0.25, -0.2) is 4.68 Å². The molecule has 5 nitrogen and oxygen atoms in total. The zero-order valence-corrected chi connectivity index (χ0v) is 19.3. The number of hydrogen-bond acceptors (Lipinski definition) is 4. The van der Waals surface area contributed by atoms with Crippen molar-refractivity contribution in [3.8, 4) is 0 Å². The molecule has 7 heteroatoms. The molecule has 0 spiro atoms. The first-order chi connectivity index (χ1) is 15.6. The third-order valence-corrected chi connectivity index (χ3v) is 7.17. The topological polar surface area (TPSA) is 50.2 Å². The van der Waals surface area contributed by atoms with Gasteiger partial charge in [-0.05, 0) is 60.2 Å². The molecule has 162 valence electrons. The highest BCUT2D eigenvalue weighted by molar-refractivity contribution is 7.10. The monoisotopic (exact) mass is 462 g/mol. The van der Waals surface area contributed by atoms with E-state index in [9.17, 15) is 4.79 Å². The van der Waals surface area contributed by atoms with Crippen LogP contribution in [0.5, 0.6) is 0 Å². The van der Waals surface area contributed by atoms with Crippen molar-refractivity contribution in [3.63, 3.8) is 0 Å². The van der Waals surface area contributed by atoms with Crippen LogP contribution >= 0.6 is 22.9 Å². The van der Waals surface area contributed by atoms with Gasteiger partial charge in [0.25, 0.3) is 5.91 Å². The Hall–Kier alpha value is -3.09. The summed E-state index contributed by atoms with van der Waals surface area (Å²) in [6.07, 6.45) is 1.08. The van der Waals surface area contributed by atoms with Crippen LogP contribution in [0.25, 0.3) is 0 Å². The van der Waals surface area contributed by atoms with Crippen LogP contribution in [0.3, 0.4) is 0 Å². The number of halogens is 1. The minimum absolute atomic E-state index is 0.250. The number of carbonyl (C=O) groups is 1. The van der Waals surface area contributed by atoms with Gasteiger partial charge in [0, 0.05) is 29.3 Å². The lowest BCUT2D eigenvalue weighted by molar-refractivity contribution is 0.102. The molecule has 1 N–H and O–H groups in total. The molecule has 5 rings (SSSR count). The van der Waals surface area contributed by atoms with Crippen molar-refractivity contribution in [2.75, 3.05) is 16.8 Å². The third kappa shape index (κ3) is 4.16. The van der Waals surface area contributed by atoms with Gasteiger partial charge in [-0.1, -0.05) is 41.9 Å². The average molecular weight is 463 g/mol. The van der Waals surface area contributed by atoms with Gasteiger partial charge in [0.05, 0.1) is 17.8 Å². The number of hydrogen-bond donors (Lipinski definition) is 1. The summed E-state index contributed by atoms with van der Waals surface area (Å²) in [6, 6.07) is 20.1. The fourth-order valence-corrected chi connectivity index (χ4v) is 5.30. The number of benzene rings is 2. The van der Waals surface area contributed by atoms with Crippen LogP contribution in [0.4, 0.5) is 11.4 Å². The molecular weight excluding hydrogens is 440 g/mol. The Morgan fingerprint density at radius 1 is 1.12 bits per heavy atom. The fourth-order valence-electron chi connectivity index (χ4n) is 4.09. The Morgan fingerprint density at radius 3 is 2.69 bits per heavy atom. The number of anilines is 2. The Labute approximate surface area is 196 Å². The summed E-state index contributed by atoms with van der Waals surface area (Å²) in [6.45, 7) is 4.26. The molecule has 3 heterocycles. The van der Waals surface area contributed by atoms with Crippen molar-refractivity contribution in [2.24, 2.45) is 0 Å². The highest BCUT2D eigenvalue weighted by Gasteiger charge is 2.21. The molecule has 0 aliphatic carbocycles. The molecule has 0 fully saturated rings. The quantitative estimate of drug-likeness (QED) is 0.409. The fraction of sp³-hybridized carbons (Fsp3) is 0.200. The second kappa shape index (κ2) is 8.81. The largest absolute Gasteiger partial charge is 0.367 e. The van der Waals surface area contributed by atoms with E-state index in [-0.39, 0.29) is 5.91 Å². The van der Waals surface area contributed by atoms with Gasteiger partial charge >= 0.3 is 0 Å². The maximum atomic E-state index is 13.0. The number of nitrogens with one attached hydrogen (secondary N) is 1. The molecule has 0 bridgehead atoms. The summed E-state index contributed by atoms with van der Waals surface area (Å²) >= 11 is 8.38. The maximum absolute atomic E-state index is 13.0. The predicted octanol–water partition coefficient (Wildman–Crippen LogP) is 5.77. The molecule has 1 amide bonds. The van der Waals surface area contributed by atoms with E-state index in [4.69, 9.17) is 11.6 Å². The SMILES string of the molecule is Cc1nn(Cc2ccccc2)c(Cl)c1C(=O)Nc1ccc(N2CCc3sccc3C2)cc1. The van der Waals surface area contributed by atoms with Crippen LogP contribution in [0.1, 0.15) is 32.1 Å². The third-order valence-electron chi connectivity index (χ3n) is 5.77. The molecular formula is C25H23ClN4OS. The van der Waals surface area contributed by atoms with Crippen molar-refractivity contribution < 1.29 is 4.79 Å². The van der Waals surface area contributed by atoms with Crippen LogP contribution in [0.15, 0.2) is 66.0 Å². The standard InChI is InChI=1S/C25H23ClN4OS/c1-17-23(24(26)30(28-17)15-18-5-3-2-4-6-18)25(31)27-20-7-9-21(10-8-20)29-13-11-22-19(16-29)12-14-32-22/h2-10,12,14H,11,13,15-16H2,1H3,(H,27,31). The lowest BCUT2D eigenvalue weighted by Crippen LogP contribution is -2.29. The molecule has 0 radical (unpaired) electrons. The van der Waals surface area contributed by atoms with E-state index < -0.39 is 0 Å². The van der Waals surface area contributed by atoms with Gasteiger partial charge < -0.3 is 10.2 Å². The number of rotatable bonds is 5. The van der Waals surface area contributed by atoms with Crippen LogP contribution in [-0.4, -0.2) is 22.2 Å². The smallest absolute Gasteiger partial charge is 0.260 e. The average Bonchev–Trinajstić information content (AvgIpc) is 3.38. The number of amides is 1. The number of fused-ring (bicyclic) bond motifs is 1. The first-order valence-corrected chi connectivity index (χ1v) is 11.8. The summed E-state index contributed by atoms with van der Waals surface area (Å²) in [5.74, 6) is -0.250. The number of thiophene rings is 1. The second-order valence-corrected chi connectivity index (χ2v) is 9.29. The number of aromatic nitrogens is 2. The Balaban J connectivity index is 1.28. The summed E-state index contributed by atoms with van der Waals surface area (Å²) in [5.41, 5.74) is 5.40. The normalized spacial score (nSPS) is 13.1. The summed E-state index contributed by atoms with van der Waals surface area (Å²) < 4.78 is 1.67. The highest BCUT2D eigenvalue weighted by Crippen LogP contribution is 2.29. The van der Waals surface area contributed by atoms with Gasteiger partial charge in [0.2, 0.25) is 0 Å². The number of nitrogens with zero attached hydrogens (tertiary/aromatic N) is 3. The van der Waals surface area contributed by atoms with E-state index in [1.54, 1.807) is 11.6 Å². The molecule has 1 aliphatic heterocycles. The van der Waals surface area contributed by atoms with E-state index in [0.717, 1.165) is 36.4 Å². The molecule has 2 aromatic heterocycles. The van der Waals surface area contributed by atoms with E-state index >= 15 is 0 Å². The van der Waals surface area contributed by atoms with Crippen molar-refractivity contribution in [3.05, 3.63) is 98.5 Å². The molecule has 0 atom stereocenters. The molecule has 0 saturated heterocycles. The van der Waals surface area contributed by atoms with Crippen LogP contribution in [0, 0.1) is 6.92 Å². The lowest BCUT2D eigenvalue weighted by atomic mass is 10.1. The van der Waals surface area contributed by atoms with Gasteiger partial charge in [-0.15, -0.1) is 11.3 Å². The minimum Gasteiger partial charge on any atom is -0.367 e. The molecule has 0 unspecified atom stereocenters. The molecule has 32 heavy (non-hydrogen) atoms. The first kappa shape index (κ1) is 20.8. The van der Waals surface area contributed by atoms with Crippen LogP contribution in [0.2, 0.25) is 5.15 Å². The predicted molar refractivity (Wildman–Crippen MR) is 131 cm³/mol. The lowest BCUT2D eigenvalue weighted by Gasteiger charge is -2.29. The van der Waals surface area contributed by atoms with Crippen molar-refractivity contribution in [2.45, 2.75) is 26.4 Å². The number of aryl methyl sites for hydroxylation is 1. The molecule has 4 aromatic rings. The minimum atomic E-state index is -0.250. The van der Waals surface area contributed by atoms with Gasteiger partial charge in [0.15, 0.2) is 0 Å². The first-order valence-electron chi connectivity index (χ1n) is 10.6. The zero-order valence-electron chi connectivity index (χ0n) is 17.7. The van der Waals surface area contributed by atoms with E-state index in [1.165, 1.54) is 10.4 Å². The maximum Gasteiger partial charge on any atom is 0.260 e. The van der Waals surface area contributed by atoms with Crippen molar-refractivity contribution in [1.82, 2.24) is 9.78 Å². The van der Waals surface area contributed by atoms with Crippen molar-refractivity contribution >= 4 is 40.2 Å². The van der Waals surface area contributed by atoms with E-state index in [1.807, 2.05) is 53.8 Å². The number of carbonyl (C=O) groups excluding carboxylic acids is 1. The second-order valence-electron chi connectivity index (χ2n) is 7.94. The van der Waals surface area contributed by atoms with Gasteiger partial charge in [0.1, 0.15) is 5.15 Å². The highest BCUT2D eigenvalue weighted by atomic mass is 35.5. The van der Waals surface area contributed by atoms with Crippen molar-refractivity contribution in [1.29, 1.82) is 0 Å². The van der Waals surface area contributed by atoms with E-state index in [0.29, 0.717) is 23.0 Å². The summed E-state index contributed by atoms with van der Waals surface area (Å²) in [7, 11) is 0. The van der Waals surface area contributed by atoms with Gasteiger partial charge in [-0.3, -0.25) is 4.79 Å². The Kier molecular flexibility index (Phi) is 5.72. The van der Waals surface area contributed by atoms with E-state index in [2.05, 4.69) is 38.9 Å². The van der Waals surface area contributed by atoms with Crippen LogP contribution in [-0.2, 0) is 19.5 Å². The molecule has 1 aliphatic rings. The molecule has 0 saturated carbocycles. The zero-order chi connectivity index (χ0) is 22.1.